The molecule has 0 aliphatic rings. The largest absolute Gasteiger partial charge is 0.377 e. The number of nitrogens with one attached hydrogen (secondary N) is 1. The summed E-state index contributed by atoms with van der Waals surface area (Å²) in [6.07, 6.45) is 3.34. The summed E-state index contributed by atoms with van der Waals surface area (Å²) in [5.41, 5.74) is 0.718. The smallest absolute Gasteiger partial charge is 0.0820 e. The molecule has 15 heavy (non-hydrogen) atoms. The predicted molar refractivity (Wildman–Crippen MR) is 66.8 cm³/mol. The first-order chi connectivity index (χ1) is 6.99. The molecule has 0 aliphatic heterocycles. The quantitative estimate of drug-likeness (QED) is 0.818. The van der Waals surface area contributed by atoms with Crippen LogP contribution in [0.15, 0.2) is 18.5 Å². The molecule has 0 bridgehead atoms. The van der Waals surface area contributed by atoms with Crippen molar-refractivity contribution in [1.29, 1.82) is 0 Å². The molecule has 0 saturated heterocycles. The molecule has 2 nitrogen and oxygen atoms in total. The highest BCUT2D eigenvalue weighted by Gasteiger charge is 2.27. The molecular formula is C11H16Cl2N2. The topological polar surface area (TPSA) is 24.9 Å². The van der Waals surface area contributed by atoms with E-state index in [-0.39, 0.29) is 5.54 Å². The second kappa shape index (κ2) is 5.04. The van der Waals surface area contributed by atoms with E-state index >= 15 is 0 Å². The van der Waals surface area contributed by atoms with Gasteiger partial charge in [-0.15, -0.1) is 11.6 Å². The Labute approximate surface area is 101 Å². The van der Waals surface area contributed by atoms with Gasteiger partial charge in [-0.25, -0.2) is 0 Å². The monoisotopic (exact) mass is 246 g/mol. The van der Waals surface area contributed by atoms with Crippen LogP contribution in [0.1, 0.15) is 20.8 Å². The average molecular weight is 247 g/mol. The fourth-order valence-corrected chi connectivity index (χ4v) is 1.66. The molecule has 1 aromatic heterocycles. The number of hydrogen-bond acceptors (Lipinski definition) is 2. The molecule has 0 aromatic carbocycles. The maximum atomic E-state index is 6.02. The van der Waals surface area contributed by atoms with Gasteiger partial charge in [0.15, 0.2) is 0 Å². The van der Waals surface area contributed by atoms with Crippen LogP contribution < -0.4 is 5.32 Å². The van der Waals surface area contributed by atoms with Crippen LogP contribution in [0.5, 0.6) is 0 Å². The third-order valence-electron chi connectivity index (χ3n) is 2.74. The number of rotatable bonds is 4. The summed E-state index contributed by atoms with van der Waals surface area (Å²) < 4.78 is 0. The standard InChI is InChI=1S/C11H16Cl2N2/c1-8(2)11(3,7-12)15-10-4-5-14-6-9(10)13/h4-6,8H,7H2,1-3H3,(H,14,15). The van der Waals surface area contributed by atoms with Crippen LogP contribution in [0.2, 0.25) is 5.02 Å². The number of nitrogens with zero attached hydrogens (tertiary/aromatic N) is 1. The second-order valence-corrected chi connectivity index (χ2v) is 4.86. The zero-order chi connectivity index (χ0) is 11.5. The van der Waals surface area contributed by atoms with Gasteiger partial charge < -0.3 is 5.32 Å². The molecule has 0 spiro atoms. The molecule has 1 aromatic rings. The zero-order valence-electron chi connectivity index (χ0n) is 9.22. The van der Waals surface area contributed by atoms with Crippen LogP contribution in [-0.4, -0.2) is 16.4 Å². The lowest BCUT2D eigenvalue weighted by atomic mass is 9.90. The van der Waals surface area contributed by atoms with Crippen molar-refractivity contribution in [2.75, 3.05) is 11.2 Å². The van der Waals surface area contributed by atoms with E-state index in [4.69, 9.17) is 23.2 Å². The molecule has 0 aliphatic carbocycles. The Bertz CT molecular complexity index is 328. The minimum absolute atomic E-state index is 0.160. The van der Waals surface area contributed by atoms with Gasteiger partial charge in [0.1, 0.15) is 0 Å². The molecule has 0 fully saturated rings. The third-order valence-corrected chi connectivity index (χ3v) is 3.60. The fourth-order valence-electron chi connectivity index (χ4n) is 1.12. The van der Waals surface area contributed by atoms with Crippen molar-refractivity contribution in [3.8, 4) is 0 Å². The van der Waals surface area contributed by atoms with E-state index in [0.29, 0.717) is 16.8 Å². The number of aromatic nitrogens is 1. The Morgan fingerprint density at radius 3 is 2.67 bits per heavy atom. The lowest BCUT2D eigenvalue weighted by molar-refractivity contribution is 0.412. The highest BCUT2D eigenvalue weighted by atomic mass is 35.5. The van der Waals surface area contributed by atoms with Crippen molar-refractivity contribution in [3.63, 3.8) is 0 Å². The Balaban J connectivity index is 2.89. The highest BCUT2D eigenvalue weighted by molar-refractivity contribution is 6.33. The molecule has 84 valence electrons. The summed E-state index contributed by atoms with van der Waals surface area (Å²) in [4.78, 5) is 3.94. The Morgan fingerprint density at radius 2 is 2.20 bits per heavy atom. The van der Waals surface area contributed by atoms with E-state index in [1.54, 1.807) is 12.4 Å². The minimum atomic E-state index is -0.160. The first-order valence-corrected chi connectivity index (χ1v) is 5.84. The van der Waals surface area contributed by atoms with Gasteiger partial charge in [-0.1, -0.05) is 25.4 Å². The minimum Gasteiger partial charge on any atom is -0.377 e. The first-order valence-electron chi connectivity index (χ1n) is 4.93. The van der Waals surface area contributed by atoms with E-state index in [9.17, 15) is 0 Å². The molecule has 1 N–H and O–H groups in total. The molecule has 1 atom stereocenters. The summed E-state index contributed by atoms with van der Waals surface area (Å²) >= 11 is 12.0. The maximum Gasteiger partial charge on any atom is 0.0820 e. The van der Waals surface area contributed by atoms with Gasteiger partial charge in [-0.3, -0.25) is 4.98 Å². The Morgan fingerprint density at radius 1 is 1.53 bits per heavy atom. The van der Waals surface area contributed by atoms with Crippen LogP contribution in [0.25, 0.3) is 0 Å². The molecule has 0 saturated carbocycles. The van der Waals surface area contributed by atoms with E-state index in [1.807, 2.05) is 6.07 Å². The fraction of sp³-hybridized carbons (Fsp3) is 0.545. The van der Waals surface area contributed by atoms with E-state index in [2.05, 4.69) is 31.1 Å². The second-order valence-electron chi connectivity index (χ2n) is 4.19. The predicted octanol–water partition coefficient (Wildman–Crippen LogP) is 3.80. The molecule has 0 amide bonds. The van der Waals surface area contributed by atoms with Crippen LogP contribution in [0, 0.1) is 5.92 Å². The third kappa shape index (κ3) is 2.99. The van der Waals surface area contributed by atoms with Crippen LogP contribution in [-0.2, 0) is 0 Å². The summed E-state index contributed by atoms with van der Waals surface area (Å²) in [6.45, 7) is 6.34. The molecular weight excluding hydrogens is 231 g/mol. The van der Waals surface area contributed by atoms with Crippen molar-refractivity contribution >= 4 is 28.9 Å². The normalized spacial score (nSPS) is 15.1. The lowest BCUT2D eigenvalue weighted by Gasteiger charge is -2.34. The molecule has 1 heterocycles. The van der Waals surface area contributed by atoms with Crippen molar-refractivity contribution in [2.45, 2.75) is 26.3 Å². The first kappa shape index (κ1) is 12.6. The summed E-state index contributed by atoms with van der Waals surface area (Å²) in [7, 11) is 0. The van der Waals surface area contributed by atoms with Crippen molar-refractivity contribution in [3.05, 3.63) is 23.5 Å². The van der Waals surface area contributed by atoms with Gasteiger partial charge in [0.2, 0.25) is 0 Å². The Kier molecular flexibility index (Phi) is 4.23. The summed E-state index contributed by atoms with van der Waals surface area (Å²) in [5.74, 6) is 0.947. The van der Waals surface area contributed by atoms with Gasteiger partial charge in [-0.05, 0) is 18.9 Å². The molecule has 4 heteroatoms. The number of anilines is 1. The van der Waals surface area contributed by atoms with Crippen LogP contribution >= 0.6 is 23.2 Å². The number of hydrogen-bond donors (Lipinski definition) is 1. The highest BCUT2D eigenvalue weighted by Crippen LogP contribution is 2.28. The summed E-state index contributed by atoms with van der Waals surface area (Å²) in [5, 5.41) is 3.99. The Hall–Kier alpha value is -0.470. The van der Waals surface area contributed by atoms with E-state index in [1.165, 1.54) is 0 Å². The number of halogens is 2. The van der Waals surface area contributed by atoms with E-state index < -0.39 is 0 Å². The van der Waals surface area contributed by atoms with Gasteiger partial charge in [0.25, 0.3) is 0 Å². The molecule has 1 unspecified atom stereocenters. The van der Waals surface area contributed by atoms with Gasteiger partial charge >= 0.3 is 0 Å². The van der Waals surface area contributed by atoms with Crippen molar-refractivity contribution in [2.24, 2.45) is 5.92 Å². The van der Waals surface area contributed by atoms with Gasteiger partial charge in [0.05, 0.1) is 16.2 Å². The van der Waals surface area contributed by atoms with Crippen molar-refractivity contribution < 1.29 is 0 Å². The van der Waals surface area contributed by atoms with Gasteiger partial charge in [-0.2, -0.15) is 0 Å². The number of alkyl halides is 1. The number of pyridine rings is 1. The SMILES string of the molecule is CC(C)C(C)(CCl)Nc1ccncc1Cl. The van der Waals surface area contributed by atoms with E-state index in [0.717, 1.165) is 5.69 Å². The van der Waals surface area contributed by atoms with Gasteiger partial charge in [0, 0.05) is 18.3 Å². The van der Waals surface area contributed by atoms with Crippen molar-refractivity contribution in [1.82, 2.24) is 4.98 Å². The molecule has 1 rings (SSSR count). The molecule has 0 radical (unpaired) electrons. The zero-order valence-corrected chi connectivity index (χ0v) is 10.7. The van der Waals surface area contributed by atoms with Crippen LogP contribution in [0.4, 0.5) is 5.69 Å². The summed E-state index contributed by atoms with van der Waals surface area (Å²) in [6, 6.07) is 1.86. The maximum absolute atomic E-state index is 6.02. The van der Waals surface area contributed by atoms with Crippen LogP contribution in [0.3, 0.4) is 0 Å². The lowest BCUT2D eigenvalue weighted by Crippen LogP contribution is -2.42. The average Bonchev–Trinajstić information content (AvgIpc) is 2.21.